The fourth-order valence-corrected chi connectivity index (χ4v) is 2.74. The lowest BCUT2D eigenvalue weighted by molar-refractivity contribution is -0.129. The molecule has 21 heavy (non-hydrogen) atoms. The molecule has 0 saturated carbocycles. The summed E-state index contributed by atoms with van der Waals surface area (Å²) in [5.74, 6) is -0.411. The third kappa shape index (κ3) is 2.55. The van der Waals surface area contributed by atoms with Crippen LogP contribution in [0.15, 0.2) is 54.6 Å². The van der Waals surface area contributed by atoms with E-state index in [2.05, 4.69) is 5.32 Å². The zero-order valence-electron chi connectivity index (χ0n) is 11.7. The van der Waals surface area contributed by atoms with Crippen molar-refractivity contribution in [3.05, 3.63) is 71.3 Å². The number of ether oxygens (including phenoxy) is 1. The van der Waals surface area contributed by atoms with Gasteiger partial charge in [-0.3, -0.25) is 10.1 Å². The molecule has 2 aromatic carbocycles. The first-order chi connectivity index (χ1) is 10.2. The SMILES string of the molecule is NC(=O)C1(NCc2ccccc2)COCc2ccccc21. The van der Waals surface area contributed by atoms with Gasteiger partial charge >= 0.3 is 0 Å². The van der Waals surface area contributed by atoms with Gasteiger partial charge in [-0.25, -0.2) is 0 Å². The van der Waals surface area contributed by atoms with E-state index in [1.54, 1.807) is 0 Å². The van der Waals surface area contributed by atoms with Gasteiger partial charge in [-0.05, 0) is 16.7 Å². The summed E-state index contributed by atoms with van der Waals surface area (Å²) < 4.78 is 5.60. The molecule has 0 aromatic heterocycles. The Morgan fingerprint density at radius 1 is 1.14 bits per heavy atom. The second-order valence-electron chi connectivity index (χ2n) is 5.26. The summed E-state index contributed by atoms with van der Waals surface area (Å²) in [4.78, 5) is 12.1. The van der Waals surface area contributed by atoms with Crippen LogP contribution in [0, 0.1) is 0 Å². The van der Waals surface area contributed by atoms with E-state index in [1.165, 1.54) is 0 Å². The van der Waals surface area contributed by atoms with Gasteiger partial charge in [0.25, 0.3) is 0 Å². The number of carbonyl (C=O) groups is 1. The fourth-order valence-electron chi connectivity index (χ4n) is 2.74. The van der Waals surface area contributed by atoms with Crippen molar-refractivity contribution in [3.8, 4) is 0 Å². The highest BCUT2D eigenvalue weighted by molar-refractivity contribution is 5.87. The average Bonchev–Trinajstić information content (AvgIpc) is 2.53. The number of primary amides is 1. The Bertz CT molecular complexity index is 642. The number of benzene rings is 2. The molecule has 3 rings (SSSR count). The van der Waals surface area contributed by atoms with E-state index in [1.807, 2.05) is 54.6 Å². The van der Waals surface area contributed by atoms with Crippen molar-refractivity contribution in [2.24, 2.45) is 5.73 Å². The van der Waals surface area contributed by atoms with E-state index in [4.69, 9.17) is 10.5 Å². The normalized spacial score (nSPS) is 20.8. The van der Waals surface area contributed by atoms with Gasteiger partial charge in [0, 0.05) is 6.54 Å². The molecule has 1 atom stereocenters. The first kappa shape index (κ1) is 13.8. The smallest absolute Gasteiger partial charge is 0.244 e. The Hall–Kier alpha value is -2.17. The van der Waals surface area contributed by atoms with Gasteiger partial charge in [-0.15, -0.1) is 0 Å². The van der Waals surface area contributed by atoms with Crippen LogP contribution in [-0.4, -0.2) is 12.5 Å². The van der Waals surface area contributed by atoms with Crippen LogP contribution in [0.1, 0.15) is 16.7 Å². The van der Waals surface area contributed by atoms with Gasteiger partial charge in [-0.1, -0.05) is 54.6 Å². The Labute approximate surface area is 123 Å². The van der Waals surface area contributed by atoms with Gasteiger partial charge in [0.15, 0.2) is 0 Å². The molecule has 0 aliphatic carbocycles. The number of rotatable bonds is 4. The largest absolute Gasteiger partial charge is 0.374 e. The summed E-state index contributed by atoms with van der Waals surface area (Å²) in [5, 5.41) is 3.31. The molecular formula is C17H18N2O2. The molecule has 0 fully saturated rings. The third-order valence-corrected chi connectivity index (χ3v) is 3.91. The molecule has 0 saturated heterocycles. The van der Waals surface area contributed by atoms with Crippen molar-refractivity contribution >= 4 is 5.91 Å². The van der Waals surface area contributed by atoms with Crippen molar-refractivity contribution < 1.29 is 9.53 Å². The molecule has 3 N–H and O–H groups in total. The lowest BCUT2D eigenvalue weighted by Gasteiger charge is -2.37. The van der Waals surface area contributed by atoms with Gasteiger partial charge in [-0.2, -0.15) is 0 Å². The van der Waals surface area contributed by atoms with Crippen molar-refractivity contribution in [2.45, 2.75) is 18.7 Å². The minimum Gasteiger partial charge on any atom is -0.374 e. The van der Waals surface area contributed by atoms with Crippen molar-refractivity contribution in [1.82, 2.24) is 5.32 Å². The van der Waals surface area contributed by atoms with Crippen LogP contribution in [0.3, 0.4) is 0 Å². The Morgan fingerprint density at radius 2 is 1.86 bits per heavy atom. The molecule has 0 radical (unpaired) electrons. The van der Waals surface area contributed by atoms with Crippen molar-refractivity contribution in [3.63, 3.8) is 0 Å². The molecule has 2 aromatic rings. The van der Waals surface area contributed by atoms with Crippen LogP contribution in [0.4, 0.5) is 0 Å². The lowest BCUT2D eigenvalue weighted by Crippen LogP contribution is -2.57. The highest BCUT2D eigenvalue weighted by Gasteiger charge is 2.42. The van der Waals surface area contributed by atoms with E-state index in [0.29, 0.717) is 13.2 Å². The Kier molecular flexibility index (Phi) is 3.73. The van der Waals surface area contributed by atoms with E-state index in [0.717, 1.165) is 16.7 Å². The summed E-state index contributed by atoms with van der Waals surface area (Å²) in [5.41, 5.74) is 7.75. The van der Waals surface area contributed by atoms with E-state index in [9.17, 15) is 4.79 Å². The molecular weight excluding hydrogens is 264 g/mol. The van der Waals surface area contributed by atoms with E-state index in [-0.39, 0.29) is 6.61 Å². The first-order valence-corrected chi connectivity index (χ1v) is 6.97. The predicted molar refractivity (Wildman–Crippen MR) is 80.3 cm³/mol. The minimum absolute atomic E-state index is 0.256. The number of carbonyl (C=O) groups excluding carboxylic acids is 1. The second kappa shape index (κ2) is 5.68. The average molecular weight is 282 g/mol. The number of nitrogens with two attached hydrogens (primary N) is 1. The molecule has 4 nitrogen and oxygen atoms in total. The van der Waals surface area contributed by atoms with Crippen molar-refractivity contribution in [1.29, 1.82) is 0 Å². The number of hydrogen-bond donors (Lipinski definition) is 2. The van der Waals surface area contributed by atoms with Crippen LogP contribution in [0.25, 0.3) is 0 Å². The maximum atomic E-state index is 12.1. The van der Waals surface area contributed by atoms with E-state index < -0.39 is 11.4 Å². The summed E-state index contributed by atoms with van der Waals surface area (Å²) in [6.45, 7) is 1.33. The maximum Gasteiger partial charge on any atom is 0.244 e. The van der Waals surface area contributed by atoms with Crippen LogP contribution in [0.5, 0.6) is 0 Å². The molecule has 1 amide bonds. The summed E-state index contributed by atoms with van der Waals surface area (Å²) in [6.07, 6.45) is 0. The van der Waals surface area contributed by atoms with Gasteiger partial charge in [0.1, 0.15) is 5.54 Å². The zero-order chi connectivity index (χ0) is 14.7. The topological polar surface area (TPSA) is 64.4 Å². The number of hydrogen-bond acceptors (Lipinski definition) is 3. The lowest BCUT2D eigenvalue weighted by atomic mass is 9.84. The Balaban J connectivity index is 1.93. The van der Waals surface area contributed by atoms with Crippen LogP contribution in [0.2, 0.25) is 0 Å². The summed E-state index contributed by atoms with van der Waals surface area (Å²) in [7, 11) is 0. The molecule has 4 heteroatoms. The minimum atomic E-state index is -0.968. The monoisotopic (exact) mass is 282 g/mol. The Morgan fingerprint density at radius 3 is 2.62 bits per heavy atom. The number of amides is 1. The first-order valence-electron chi connectivity index (χ1n) is 6.97. The second-order valence-corrected chi connectivity index (χ2v) is 5.26. The molecule has 1 aliphatic heterocycles. The highest BCUT2D eigenvalue weighted by Crippen LogP contribution is 2.30. The van der Waals surface area contributed by atoms with Gasteiger partial charge < -0.3 is 10.5 Å². The van der Waals surface area contributed by atoms with Gasteiger partial charge in [0.2, 0.25) is 5.91 Å². The summed E-state index contributed by atoms with van der Waals surface area (Å²) in [6, 6.07) is 17.7. The number of nitrogens with one attached hydrogen (secondary N) is 1. The van der Waals surface area contributed by atoms with E-state index >= 15 is 0 Å². The zero-order valence-corrected chi connectivity index (χ0v) is 11.7. The van der Waals surface area contributed by atoms with Crippen LogP contribution < -0.4 is 11.1 Å². The summed E-state index contributed by atoms with van der Waals surface area (Å²) >= 11 is 0. The predicted octanol–water partition coefficient (Wildman–Crippen LogP) is 1.69. The molecule has 1 heterocycles. The molecule has 1 aliphatic rings. The van der Waals surface area contributed by atoms with Crippen LogP contribution in [-0.2, 0) is 28.2 Å². The molecule has 0 bridgehead atoms. The molecule has 0 spiro atoms. The van der Waals surface area contributed by atoms with Crippen LogP contribution >= 0.6 is 0 Å². The third-order valence-electron chi connectivity index (χ3n) is 3.91. The maximum absolute atomic E-state index is 12.1. The fraction of sp³-hybridized carbons (Fsp3) is 0.235. The number of fused-ring (bicyclic) bond motifs is 1. The van der Waals surface area contributed by atoms with Gasteiger partial charge in [0.05, 0.1) is 13.2 Å². The quantitative estimate of drug-likeness (QED) is 0.897. The molecule has 1 unspecified atom stereocenters. The molecule has 108 valence electrons. The van der Waals surface area contributed by atoms with Crippen molar-refractivity contribution in [2.75, 3.05) is 6.61 Å². The highest BCUT2D eigenvalue weighted by atomic mass is 16.5. The standard InChI is InChI=1S/C17H18N2O2/c18-16(20)17(19-10-13-6-2-1-3-7-13)12-21-11-14-8-4-5-9-15(14)17/h1-9,19H,10-12H2,(H2,18,20).